The molecular weight excluding hydrogens is 562 g/mol. The first-order valence-corrected chi connectivity index (χ1v) is 14.4. The zero-order valence-electron chi connectivity index (χ0n) is 23.5. The van der Waals surface area contributed by atoms with Crippen LogP contribution in [0, 0.1) is 0 Å². The number of nitrogens with zero attached hydrogens (tertiary/aromatic N) is 1. The number of benzene rings is 2. The van der Waals surface area contributed by atoms with Crippen molar-refractivity contribution < 1.29 is 40.6 Å². The Morgan fingerprint density at radius 1 is 0.905 bits per heavy atom. The van der Waals surface area contributed by atoms with Crippen molar-refractivity contribution in [3.63, 3.8) is 0 Å². The van der Waals surface area contributed by atoms with Crippen LogP contribution in [0.2, 0.25) is 0 Å². The smallest absolute Gasteiger partial charge is 0.355 e. The van der Waals surface area contributed by atoms with Gasteiger partial charge in [0.15, 0.2) is 0 Å². The van der Waals surface area contributed by atoms with E-state index in [4.69, 9.17) is 9.47 Å². The van der Waals surface area contributed by atoms with Crippen molar-refractivity contribution in [2.75, 3.05) is 26.5 Å². The molecule has 1 saturated carbocycles. The molecule has 5 nitrogen and oxygen atoms in total. The summed E-state index contributed by atoms with van der Waals surface area (Å²) in [5, 5.41) is 3.08. The number of rotatable bonds is 5. The van der Waals surface area contributed by atoms with Gasteiger partial charge in [0.25, 0.3) is 0 Å². The molecule has 0 bridgehead atoms. The highest BCUT2D eigenvalue weighted by molar-refractivity contribution is 5.84. The van der Waals surface area contributed by atoms with Gasteiger partial charge in [0.2, 0.25) is 5.91 Å². The Balaban J connectivity index is 1.32. The molecular formula is C31H36F6N2O3. The summed E-state index contributed by atoms with van der Waals surface area (Å²) in [5.74, 6) is -1.84. The second kappa shape index (κ2) is 11.8. The van der Waals surface area contributed by atoms with Gasteiger partial charge >= 0.3 is 12.4 Å². The number of carbonyl (C=O) groups excluding carboxylic acids is 1. The quantitative estimate of drug-likeness (QED) is 0.377. The number of halogens is 6. The standard InChI is InChI=1S/C31H36F6N2O3/c1-21(22-17-24(30(32,33)34)19-25(18-22)31(35,36)37)27(40)38-29(23-5-3-2-4-6-23)9-7-26(8-10-29)39-14-11-28(12-15-39)13-16-41-20-42-28/h2-6,17-19,21,26H,7-16,20H2,1H3,(H,38,40)/t21-,26-,29-/m1/s1. The first-order chi connectivity index (χ1) is 19.8. The second-order valence-electron chi connectivity index (χ2n) is 11.9. The van der Waals surface area contributed by atoms with Crippen LogP contribution in [0.4, 0.5) is 26.3 Å². The maximum Gasteiger partial charge on any atom is 0.416 e. The van der Waals surface area contributed by atoms with Gasteiger partial charge in [-0.25, -0.2) is 0 Å². The fourth-order valence-electron chi connectivity index (χ4n) is 6.67. The number of ether oxygens (including phenoxy) is 2. The Hall–Kier alpha value is -2.63. The molecule has 2 heterocycles. The lowest BCUT2D eigenvalue weighted by Crippen LogP contribution is -2.55. The van der Waals surface area contributed by atoms with Gasteiger partial charge in [-0.1, -0.05) is 30.3 Å². The Kier molecular flexibility index (Phi) is 8.66. The molecule has 1 N–H and O–H groups in total. The van der Waals surface area contributed by atoms with Gasteiger partial charge in [-0.05, 0) is 74.8 Å². The van der Waals surface area contributed by atoms with Crippen LogP contribution >= 0.6 is 0 Å². The summed E-state index contributed by atoms with van der Waals surface area (Å²) in [4.78, 5) is 16.0. The number of hydrogen-bond acceptors (Lipinski definition) is 4. The molecule has 42 heavy (non-hydrogen) atoms. The molecule has 0 unspecified atom stereocenters. The summed E-state index contributed by atoms with van der Waals surface area (Å²) < 4.78 is 92.1. The van der Waals surface area contributed by atoms with E-state index in [-0.39, 0.29) is 17.2 Å². The van der Waals surface area contributed by atoms with Gasteiger partial charge in [0.05, 0.1) is 34.8 Å². The van der Waals surface area contributed by atoms with Crippen LogP contribution in [0.15, 0.2) is 48.5 Å². The minimum Gasteiger partial charge on any atom is -0.355 e. The second-order valence-corrected chi connectivity index (χ2v) is 11.9. The predicted molar refractivity (Wildman–Crippen MR) is 143 cm³/mol. The van der Waals surface area contributed by atoms with Gasteiger partial charge in [0.1, 0.15) is 6.79 Å². The van der Waals surface area contributed by atoms with E-state index in [1.54, 1.807) is 0 Å². The predicted octanol–water partition coefficient (Wildman–Crippen LogP) is 7.01. The Labute approximate surface area is 241 Å². The van der Waals surface area contributed by atoms with E-state index in [2.05, 4.69) is 10.2 Å². The lowest BCUT2D eigenvalue weighted by Gasteiger charge is -2.49. The van der Waals surface area contributed by atoms with Crippen molar-refractivity contribution in [2.45, 2.75) is 87.3 Å². The minimum atomic E-state index is -4.99. The van der Waals surface area contributed by atoms with Gasteiger partial charge in [-0.2, -0.15) is 26.3 Å². The molecule has 1 aliphatic carbocycles. The van der Waals surface area contributed by atoms with Crippen molar-refractivity contribution in [1.29, 1.82) is 0 Å². The van der Waals surface area contributed by atoms with Crippen molar-refractivity contribution >= 4 is 5.91 Å². The van der Waals surface area contributed by atoms with Crippen molar-refractivity contribution in [3.05, 3.63) is 70.8 Å². The number of carbonyl (C=O) groups is 1. The molecule has 3 aliphatic rings. The van der Waals surface area contributed by atoms with E-state index in [1.165, 1.54) is 6.92 Å². The molecule has 2 saturated heterocycles. The average molecular weight is 599 g/mol. The lowest BCUT2D eigenvalue weighted by molar-refractivity contribution is -0.210. The Morgan fingerprint density at radius 2 is 1.50 bits per heavy atom. The monoisotopic (exact) mass is 598 g/mol. The highest BCUT2D eigenvalue weighted by atomic mass is 19.4. The summed E-state index contributed by atoms with van der Waals surface area (Å²) in [6, 6.07) is 11.1. The number of amides is 1. The summed E-state index contributed by atoms with van der Waals surface area (Å²) in [6.07, 6.45) is -4.43. The molecule has 2 aromatic carbocycles. The van der Waals surface area contributed by atoms with Crippen LogP contribution in [-0.4, -0.2) is 48.9 Å². The topological polar surface area (TPSA) is 50.8 Å². The largest absolute Gasteiger partial charge is 0.416 e. The maximum absolute atomic E-state index is 13.6. The number of hydrogen-bond donors (Lipinski definition) is 1. The molecule has 3 fully saturated rings. The molecule has 1 atom stereocenters. The third-order valence-electron chi connectivity index (χ3n) is 9.38. The van der Waals surface area contributed by atoms with Crippen molar-refractivity contribution in [3.8, 4) is 0 Å². The first-order valence-electron chi connectivity index (χ1n) is 14.4. The molecule has 230 valence electrons. The van der Waals surface area contributed by atoms with Crippen LogP contribution in [0.1, 0.15) is 80.0 Å². The van der Waals surface area contributed by atoms with Crippen LogP contribution in [0.3, 0.4) is 0 Å². The Morgan fingerprint density at radius 3 is 2.02 bits per heavy atom. The minimum absolute atomic E-state index is 0.0808. The summed E-state index contributed by atoms with van der Waals surface area (Å²) in [6.45, 7) is 4.20. The van der Waals surface area contributed by atoms with Gasteiger partial charge < -0.3 is 19.7 Å². The van der Waals surface area contributed by atoms with E-state index < -0.39 is 40.8 Å². The van der Waals surface area contributed by atoms with E-state index >= 15 is 0 Å². The third-order valence-corrected chi connectivity index (χ3v) is 9.38. The normalized spacial score (nSPS) is 26.1. The van der Waals surface area contributed by atoms with Gasteiger partial charge in [-0.15, -0.1) is 0 Å². The zero-order chi connectivity index (χ0) is 30.2. The summed E-state index contributed by atoms with van der Waals surface area (Å²) in [5.41, 5.74) is -3.21. The Bertz CT molecular complexity index is 1190. The average Bonchev–Trinajstić information content (AvgIpc) is 2.97. The van der Waals surface area contributed by atoms with Gasteiger partial charge in [-0.3, -0.25) is 4.79 Å². The molecule has 11 heteroatoms. The highest BCUT2D eigenvalue weighted by Crippen LogP contribution is 2.42. The highest BCUT2D eigenvalue weighted by Gasteiger charge is 2.44. The number of likely N-dealkylation sites (tertiary alicyclic amines) is 1. The van der Waals surface area contributed by atoms with Crippen LogP contribution in [0.25, 0.3) is 0 Å². The van der Waals surface area contributed by atoms with E-state index in [1.807, 2.05) is 30.3 Å². The van der Waals surface area contributed by atoms with Crippen molar-refractivity contribution in [1.82, 2.24) is 10.2 Å². The van der Waals surface area contributed by atoms with Crippen LogP contribution in [-0.2, 0) is 32.2 Å². The number of alkyl halides is 6. The van der Waals surface area contributed by atoms with Crippen LogP contribution in [0.5, 0.6) is 0 Å². The zero-order valence-corrected chi connectivity index (χ0v) is 23.5. The number of nitrogens with one attached hydrogen (secondary N) is 1. The molecule has 0 aromatic heterocycles. The summed E-state index contributed by atoms with van der Waals surface area (Å²) in [7, 11) is 0. The van der Waals surface area contributed by atoms with Crippen molar-refractivity contribution in [2.24, 2.45) is 0 Å². The molecule has 0 radical (unpaired) electrons. The fraction of sp³-hybridized carbons (Fsp3) is 0.581. The molecule has 1 amide bonds. The molecule has 2 aliphatic heterocycles. The van der Waals surface area contributed by atoms with E-state index in [0.29, 0.717) is 44.4 Å². The number of piperidine rings is 1. The molecule has 5 rings (SSSR count). The maximum atomic E-state index is 13.6. The van der Waals surface area contributed by atoms with E-state index in [0.717, 1.165) is 50.8 Å². The van der Waals surface area contributed by atoms with Gasteiger partial charge in [0, 0.05) is 25.6 Å². The molecule has 2 aromatic rings. The SMILES string of the molecule is C[C@@H](C(=O)N[C@]1(c2ccccc2)CC[C@@H](N2CCC3(CCOCO3)CC2)CC1)c1cc(C(F)(F)F)cc(C(F)(F)F)c1. The molecule has 1 spiro atoms. The third kappa shape index (κ3) is 6.63. The lowest BCUT2D eigenvalue weighted by atomic mass is 9.73. The fourth-order valence-corrected chi connectivity index (χ4v) is 6.67. The van der Waals surface area contributed by atoms with E-state index in [9.17, 15) is 31.1 Å². The van der Waals surface area contributed by atoms with Crippen LogP contribution < -0.4 is 5.32 Å². The summed E-state index contributed by atoms with van der Waals surface area (Å²) >= 11 is 0. The first kappa shape index (κ1) is 30.8.